The van der Waals surface area contributed by atoms with E-state index in [-0.39, 0.29) is 16.9 Å². The molecule has 162 valence electrons. The van der Waals surface area contributed by atoms with E-state index in [1.54, 1.807) is 12.3 Å². The molecule has 1 aliphatic carbocycles. The highest BCUT2D eigenvalue weighted by molar-refractivity contribution is 6.31. The molecule has 0 radical (unpaired) electrons. The van der Waals surface area contributed by atoms with E-state index in [4.69, 9.17) is 16.3 Å². The molecule has 2 aromatic heterocycles. The fourth-order valence-electron chi connectivity index (χ4n) is 3.75. The number of hydrogen-bond acceptors (Lipinski definition) is 8. The van der Waals surface area contributed by atoms with Crippen molar-refractivity contribution in [1.82, 2.24) is 19.9 Å². The summed E-state index contributed by atoms with van der Waals surface area (Å²) in [4.78, 5) is 29.0. The number of fused-ring (bicyclic) bond motifs is 1. The third kappa shape index (κ3) is 4.99. The smallest absolute Gasteiger partial charge is 0.308 e. The van der Waals surface area contributed by atoms with Crippen molar-refractivity contribution < 1.29 is 13.9 Å². The molecule has 0 amide bonds. The molecule has 1 fully saturated rings. The Morgan fingerprint density at radius 2 is 2.03 bits per heavy atom. The van der Waals surface area contributed by atoms with Crippen LogP contribution in [0.5, 0.6) is 0 Å². The zero-order valence-corrected chi connectivity index (χ0v) is 17.7. The van der Waals surface area contributed by atoms with Crippen molar-refractivity contribution in [3.05, 3.63) is 41.6 Å². The number of rotatable bonds is 6. The highest BCUT2D eigenvalue weighted by Crippen LogP contribution is 2.30. The number of anilines is 3. The highest BCUT2D eigenvalue weighted by atomic mass is 35.5. The van der Waals surface area contributed by atoms with Crippen LogP contribution < -0.4 is 10.6 Å². The third-order valence-corrected chi connectivity index (χ3v) is 5.78. The summed E-state index contributed by atoms with van der Waals surface area (Å²) in [5.74, 6) is 0.769. The summed E-state index contributed by atoms with van der Waals surface area (Å²) in [7, 11) is 1.44. The molecule has 10 heteroatoms. The van der Waals surface area contributed by atoms with Crippen molar-refractivity contribution in [3.63, 3.8) is 0 Å². The largest absolute Gasteiger partial charge is 0.469 e. The van der Waals surface area contributed by atoms with Crippen LogP contribution in [-0.2, 0) is 9.53 Å². The Labute approximate surface area is 183 Å². The number of halogens is 2. The summed E-state index contributed by atoms with van der Waals surface area (Å²) in [6, 6.07) is 4.33. The molecule has 4 rings (SSSR count). The number of ether oxygens (including phenoxy) is 1. The molecule has 0 spiro atoms. The molecule has 3 aromatic rings. The summed E-state index contributed by atoms with van der Waals surface area (Å²) in [6.07, 6.45) is 6.60. The lowest BCUT2D eigenvalue weighted by Crippen LogP contribution is -2.26. The van der Waals surface area contributed by atoms with Crippen molar-refractivity contribution >= 4 is 46.1 Å². The van der Waals surface area contributed by atoms with Gasteiger partial charge in [0, 0.05) is 12.2 Å². The Kier molecular flexibility index (Phi) is 6.41. The van der Waals surface area contributed by atoms with Gasteiger partial charge < -0.3 is 15.4 Å². The van der Waals surface area contributed by atoms with Gasteiger partial charge in [0.2, 0.25) is 5.95 Å². The van der Waals surface area contributed by atoms with Crippen molar-refractivity contribution in [2.45, 2.75) is 25.7 Å². The predicted molar refractivity (Wildman–Crippen MR) is 116 cm³/mol. The van der Waals surface area contributed by atoms with Gasteiger partial charge >= 0.3 is 5.97 Å². The molecular weight excluding hydrogens is 423 g/mol. The van der Waals surface area contributed by atoms with Crippen LogP contribution in [0.25, 0.3) is 11.0 Å². The molecule has 8 nitrogen and oxygen atoms in total. The zero-order chi connectivity index (χ0) is 21.8. The molecular formula is C21H22ClFN6O2. The Morgan fingerprint density at radius 3 is 2.77 bits per heavy atom. The quantitative estimate of drug-likeness (QED) is 0.541. The standard InChI is InChI=1S/C21H22ClFN6O2/c1-31-20(30)13-4-2-12(3-5-13)9-24-21-25-10-17-18(29-21)19(27-11-26-17)28-14-6-7-16(23)15(22)8-14/h6-8,10-13H,2-5,9H2,1H3,(H,24,25,29)(H,26,27,28)/t12-,13-. The van der Waals surface area contributed by atoms with E-state index in [1.165, 1.54) is 25.6 Å². The SMILES string of the molecule is COC(=O)[C@H]1CC[C@H](CNc2ncc3ncnc(Nc4ccc(F)c(Cl)c4)c3n2)CC1. The molecule has 1 aromatic carbocycles. The summed E-state index contributed by atoms with van der Waals surface area (Å²) in [5.41, 5.74) is 1.70. The molecule has 0 unspecified atom stereocenters. The highest BCUT2D eigenvalue weighted by Gasteiger charge is 2.26. The van der Waals surface area contributed by atoms with Crippen LogP contribution in [-0.4, -0.2) is 39.6 Å². The van der Waals surface area contributed by atoms with Crippen LogP contribution in [0.4, 0.5) is 21.8 Å². The van der Waals surface area contributed by atoms with Crippen molar-refractivity contribution in [2.24, 2.45) is 11.8 Å². The van der Waals surface area contributed by atoms with Crippen molar-refractivity contribution in [2.75, 3.05) is 24.3 Å². The lowest BCUT2D eigenvalue weighted by atomic mass is 9.82. The van der Waals surface area contributed by atoms with Gasteiger partial charge in [-0.2, -0.15) is 0 Å². The number of aromatic nitrogens is 4. The van der Waals surface area contributed by atoms with Crippen LogP contribution in [0, 0.1) is 17.7 Å². The number of carbonyl (C=O) groups excluding carboxylic acids is 1. The number of carbonyl (C=O) groups is 1. The van der Waals surface area contributed by atoms with Gasteiger partial charge in [-0.3, -0.25) is 4.79 Å². The topological polar surface area (TPSA) is 102 Å². The number of methoxy groups -OCH3 is 1. The van der Waals surface area contributed by atoms with E-state index < -0.39 is 5.82 Å². The second kappa shape index (κ2) is 9.38. The maximum absolute atomic E-state index is 13.4. The molecule has 0 aliphatic heterocycles. The van der Waals surface area contributed by atoms with Crippen LogP contribution in [0.15, 0.2) is 30.7 Å². The van der Waals surface area contributed by atoms with Crippen LogP contribution in [0.3, 0.4) is 0 Å². The average molecular weight is 445 g/mol. The molecule has 0 saturated heterocycles. The number of hydrogen-bond donors (Lipinski definition) is 2. The average Bonchev–Trinajstić information content (AvgIpc) is 2.80. The maximum atomic E-state index is 13.4. The summed E-state index contributed by atoms with van der Waals surface area (Å²) < 4.78 is 18.3. The first kappa shape index (κ1) is 21.2. The first-order chi connectivity index (χ1) is 15.0. The predicted octanol–water partition coefficient (Wildman–Crippen LogP) is 4.35. The summed E-state index contributed by atoms with van der Waals surface area (Å²) in [6.45, 7) is 0.712. The van der Waals surface area contributed by atoms with Crippen LogP contribution >= 0.6 is 11.6 Å². The number of nitrogens with zero attached hydrogens (tertiary/aromatic N) is 4. The van der Waals surface area contributed by atoms with Gasteiger partial charge in [-0.1, -0.05) is 11.6 Å². The molecule has 2 N–H and O–H groups in total. The number of nitrogens with one attached hydrogen (secondary N) is 2. The van der Waals surface area contributed by atoms with Crippen molar-refractivity contribution in [3.8, 4) is 0 Å². The Bertz CT molecular complexity index is 1090. The van der Waals surface area contributed by atoms with Gasteiger partial charge in [-0.05, 0) is 49.8 Å². The minimum Gasteiger partial charge on any atom is -0.469 e. The summed E-state index contributed by atoms with van der Waals surface area (Å²) >= 11 is 5.86. The molecule has 2 heterocycles. The Balaban J connectivity index is 1.44. The lowest BCUT2D eigenvalue weighted by Gasteiger charge is -2.26. The maximum Gasteiger partial charge on any atom is 0.308 e. The second-order valence-electron chi connectivity index (χ2n) is 7.53. The second-order valence-corrected chi connectivity index (χ2v) is 7.93. The Hall–Kier alpha value is -3.07. The van der Waals surface area contributed by atoms with Gasteiger partial charge in [0.1, 0.15) is 23.2 Å². The zero-order valence-electron chi connectivity index (χ0n) is 16.9. The van der Waals surface area contributed by atoms with Gasteiger partial charge in [-0.15, -0.1) is 0 Å². The van der Waals surface area contributed by atoms with E-state index in [1.807, 2.05) is 0 Å². The molecule has 31 heavy (non-hydrogen) atoms. The molecule has 0 bridgehead atoms. The molecule has 1 saturated carbocycles. The first-order valence-electron chi connectivity index (χ1n) is 10.0. The van der Waals surface area contributed by atoms with E-state index in [9.17, 15) is 9.18 Å². The van der Waals surface area contributed by atoms with Gasteiger partial charge in [-0.25, -0.2) is 24.3 Å². The van der Waals surface area contributed by atoms with Crippen LogP contribution in [0.2, 0.25) is 5.02 Å². The van der Waals surface area contributed by atoms with Crippen LogP contribution in [0.1, 0.15) is 25.7 Å². The number of esters is 1. The van der Waals surface area contributed by atoms with Gasteiger partial charge in [0.05, 0.1) is 24.2 Å². The normalized spacial score (nSPS) is 18.5. The van der Waals surface area contributed by atoms with Gasteiger partial charge in [0.25, 0.3) is 0 Å². The molecule has 1 aliphatic rings. The van der Waals surface area contributed by atoms with E-state index in [0.717, 1.165) is 25.7 Å². The van der Waals surface area contributed by atoms with E-state index >= 15 is 0 Å². The van der Waals surface area contributed by atoms with E-state index in [2.05, 4.69) is 30.6 Å². The summed E-state index contributed by atoms with van der Waals surface area (Å²) in [5, 5.41) is 6.40. The fourth-order valence-corrected chi connectivity index (χ4v) is 3.93. The lowest BCUT2D eigenvalue weighted by molar-refractivity contribution is -0.146. The third-order valence-electron chi connectivity index (χ3n) is 5.49. The minimum atomic E-state index is -0.491. The molecule has 0 atom stereocenters. The minimum absolute atomic E-state index is 0.00363. The Morgan fingerprint density at radius 1 is 1.23 bits per heavy atom. The first-order valence-corrected chi connectivity index (χ1v) is 10.4. The van der Waals surface area contributed by atoms with E-state index in [0.29, 0.717) is 40.9 Å². The fraction of sp³-hybridized carbons (Fsp3) is 0.381. The number of benzene rings is 1. The van der Waals surface area contributed by atoms with Gasteiger partial charge in [0.15, 0.2) is 5.82 Å². The van der Waals surface area contributed by atoms with Crippen molar-refractivity contribution in [1.29, 1.82) is 0 Å². The monoisotopic (exact) mass is 444 g/mol.